The Morgan fingerprint density at radius 3 is 2.27 bits per heavy atom. The summed E-state index contributed by atoms with van der Waals surface area (Å²) < 4.78 is 0. The third-order valence-corrected chi connectivity index (χ3v) is 1.75. The molecule has 0 saturated carbocycles. The van der Waals surface area contributed by atoms with E-state index in [2.05, 4.69) is 12.2 Å². The highest BCUT2D eigenvalue weighted by Gasteiger charge is 1.88. The maximum Gasteiger partial charge on any atom is 0.0428 e. The van der Waals surface area contributed by atoms with Crippen LogP contribution in [0.1, 0.15) is 38.5 Å². The molecule has 0 fully saturated rings. The molecule has 3 N–H and O–H groups in total. The minimum atomic E-state index is 0.610. The fraction of sp³-hybridized carbons (Fsp3) is 0.889. The minimum Gasteiger partial charge on any atom is -0.318 e. The Morgan fingerprint density at radius 1 is 1.00 bits per heavy atom. The van der Waals surface area contributed by atoms with Crippen molar-refractivity contribution in [3.8, 4) is 0 Å². The normalized spacial score (nSPS) is 10.4. The zero-order valence-electron chi connectivity index (χ0n) is 7.44. The van der Waals surface area contributed by atoms with E-state index < -0.39 is 0 Å². The molecule has 67 valence electrons. The third-order valence-electron chi connectivity index (χ3n) is 1.75. The maximum absolute atomic E-state index is 5.27. The first-order valence-electron chi connectivity index (χ1n) is 4.62. The molecule has 0 aromatic heterocycles. The van der Waals surface area contributed by atoms with Crippen molar-refractivity contribution >= 4 is 0 Å². The molecule has 11 heavy (non-hydrogen) atoms. The van der Waals surface area contributed by atoms with Gasteiger partial charge in [0.25, 0.3) is 0 Å². The van der Waals surface area contributed by atoms with Crippen molar-refractivity contribution in [3.63, 3.8) is 0 Å². The third kappa shape index (κ3) is 9.92. The van der Waals surface area contributed by atoms with Crippen molar-refractivity contribution in [1.29, 1.82) is 0 Å². The van der Waals surface area contributed by atoms with E-state index in [0.29, 0.717) is 6.67 Å². The second-order valence-electron chi connectivity index (χ2n) is 2.83. The lowest BCUT2D eigenvalue weighted by Gasteiger charge is -2.00. The SMILES string of the molecule is [CH2]CCCCCCCNCN. The summed E-state index contributed by atoms with van der Waals surface area (Å²) in [6.45, 7) is 5.48. The maximum atomic E-state index is 5.27. The van der Waals surface area contributed by atoms with Gasteiger partial charge in [-0.3, -0.25) is 0 Å². The Kier molecular flexibility index (Phi) is 9.85. The summed E-state index contributed by atoms with van der Waals surface area (Å²) in [7, 11) is 0. The van der Waals surface area contributed by atoms with Crippen molar-refractivity contribution in [2.75, 3.05) is 13.2 Å². The summed E-state index contributed by atoms with van der Waals surface area (Å²) >= 11 is 0. The fourth-order valence-electron chi connectivity index (χ4n) is 1.06. The molecule has 2 nitrogen and oxygen atoms in total. The first-order valence-corrected chi connectivity index (χ1v) is 4.62. The van der Waals surface area contributed by atoms with Gasteiger partial charge in [0.1, 0.15) is 0 Å². The molecule has 0 aliphatic heterocycles. The fourth-order valence-corrected chi connectivity index (χ4v) is 1.06. The van der Waals surface area contributed by atoms with Gasteiger partial charge in [-0.05, 0) is 13.0 Å². The molecular weight excluding hydrogens is 136 g/mol. The summed E-state index contributed by atoms with van der Waals surface area (Å²) in [5.41, 5.74) is 5.27. The van der Waals surface area contributed by atoms with Crippen molar-refractivity contribution in [2.45, 2.75) is 38.5 Å². The highest BCUT2D eigenvalue weighted by molar-refractivity contribution is 4.48. The standard InChI is InChI=1S/C9H21N2/c1-2-3-4-5-6-7-8-11-9-10/h11H,1-10H2. The lowest BCUT2D eigenvalue weighted by Crippen LogP contribution is -2.23. The lowest BCUT2D eigenvalue weighted by molar-refractivity contribution is 0.582. The summed E-state index contributed by atoms with van der Waals surface area (Å²) in [5.74, 6) is 0. The number of unbranched alkanes of at least 4 members (excludes halogenated alkanes) is 5. The molecule has 0 rings (SSSR count). The average molecular weight is 157 g/mol. The molecule has 0 spiro atoms. The zero-order valence-corrected chi connectivity index (χ0v) is 7.44. The number of nitrogens with two attached hydrogens (primary N) is 1. The van der Waals surface area contributed by atoms with Gasteiger partial charge in [-0.2, -0.15) is 0 Å². The number of nitrogens with one attached hydrogen (secondary N) is 1. The van der Waals surface area contributed by atoms with Crippen LogP contribution in [0.2, 0.25) is 0 Å². The second-order valence-corrected chi connectivity index (χ2v) is 2.83. The van der Waals surface area contributed by atoms with Crippen LogP contribution in [-0.2, 0) is 0 Å². The average Bonchev–Trinajstić information content (AvgIpc) is 2.03. The quantitative estimate of drug-likeness (QED) is 0.415. The molecule has 0 heterocycles. The largest absolute Gasteiger partial charge is 0.318 e. The van der Waals surface area contributed by atoms with Gasteiger partial charge in [0.2, 0.25) is 0 Å². The van der Waals surface area contributed by atoms with Gasteiger partial charge in [0, 0.05) is 6.67 Å². The van der Waals surface area contributed by atoms with Crippen LogP contribution >= 0.6 is 0 Å². The predicted octanol–water partition coefficient (Wildman–Crippen LogP) is 1.67. The molecule has 0 amide bonds. The smallest absolute Gasteiger partial charge is 0.0428 e. The molecule has 0 aliphatic rings. The molecule has 0 saturated heterocycles. The van der Waals surface area contributed by atoms with Crippen LogP contribution in [0, 0.1) is 6.92 Å². The van der Waals surface area contributed by atoms with Gasteiger partial charge >= 0.3 is 0 Å². The van der Waals surface area contributed by atoms with E-state index in [0.717, 1.165) is 13.0 Å². The first kappa shape index (κ1) is 10.9. The predicted molar refractivity (Wildman–Crippen MR) is 50.1 cm³/mol. The molecule has 0 bridgehead atoms. The zero-order chi connectivity index (χ0) is 8.36. The highest BCUT2D eigenvalue weighted by Crippen LogP contribution is 2.03. The minimum absolute atomic E-state index is 0.610. The Balaban J connectivity index is 2.69. The summed E-state index contributed by atoms with van der Waals surface area (Å²) in [6.07, 6.45) is 7.64. The summed E-state index contributed by atoms with van der Waals surface area (Å²) in [6, 6.07) is 0. The molecular formula is C9H21N2. The Morgan fingerprint density at radius 2 is 1.64 bits per heavy atom. The molecule has 0 aromatic rings. The van der Waals surface area contributed by atoms with Gasteiger partial charge in [-0.15, -0.1) is 0 Å². The van der Waals surface area contributed by atoms with Crippen LogP contribution in [0.4, 0.5) is 0 Å². The van der Waals surface area contributed by atoms with Crippen LogP contribution in [0.3, 0.4) is 0 Å². The molecule has 1 radical (unpaired) electrons. The summed E-state index contributed by atoms with van der Waals surface area (Å²) in [5, 5.41) is 3.10. The van der Waals surface area contributed by atoms with E-state index in [-0.39, 0.29) is 0 Å². The van der Waals surface area contributed by atoms with Crippen molar-refractivity contribution in [1.82, 2.24) is 5.32 Å². The van der Waals surface area contributed by atoms with Gasteiger partial charge in [-0.25, -0.2) is 0 Å². The Bertz CT molecular complexity index is 56.6. The molecule has 0 unspecified atom stereocenters. The summed E-state index contributed by atoms with van der Waals surface area (Å²) in [4.78, 5) is 0. The lowest BCUT2D eigenvalue weighted by atomic mass is 10.1. The molecule has 0 atom stereocenters. The van der Waals surface area contributed by atoms with E-state index in [9.17, 15) is 0 Å². The molecule has 0 aliphatic carbocycles. The molecule has 2 heteroatoms. The van der Waals surface area contributed by atoms with E-state index in [1.54, 1.807) is 0 Å². The monoisotopic (exact) mass is 157 g/mol. The highest BCUT2D eigenvalue weighted by atomic mass is 14.9. The van der Waals surface area contributed by atoms with E-state index in [1.807, 2.05) is 0 Å². The van der Waals surface area contributed by atoms with Gasteiger partial charge < -0.3 is 11.1 Å². The van der Waals surface area contributed by atoms with Crippen molar-refractivity contribution < 1.29 is 0 Å². The number of hydrogen-bond donors (Lipinski definition) is 2. The van der Waals surface area contributed by atoms with E-state index >= 15 is 0 Å². The van der Waals surface area contributed by atoms with Crippen LogP contribution in [0.15, 0.2) is 0 Å². The van der Waals surface area contributed by atoms with Crippen molar-refractivity contribution in [2.24, 2.45) is 5.73 Å². The van der Waals surface area contributed by atoms with Crippen LogP contribution in [0.25, 0.3) is 0 Å². The van der Waals surface area contributed by atoms with E-state index in [1.165, 1.54) is 32.1 Å². The van der Waals surface area contributed by atoms with Crippen LogP contribution < -0.4 is 11.1 Å². The van der Waals surface area contributed by atoms with Crippen molar-refractivity contribution in [3.05, 3.63) is 6.92 Å². The van der Waals surface area contributed by atoms with Crippen LogP contribution in [-0.4, -0.2) is 13.2 Å². The van der Waals surface area contributed by atoms with Gasteiger partial charge in [-0.1, -0.05) is 39.0 Å². The number of hydrogen-bond acceptors (Lipinski definition) is 2. The Labute approximate surface area is 70.5 Å². The van der Waals surface area contributed by atoms with E-state index in [4.69, 9.17) is 5.73 Å². The first-order chi connectivity index (χ1) is 5.41. The Hall–Kier alpha value is -0.0800. The molecule has 0 aromatic carbocycles. The van der Waals surface area contributed by atoms with Gasteiger partial charge in [0.05, 0.1) is 0 Å². The second kappa shape index (κ2) is 9.92. The van der Waals surface area contributed by atoms with Gasteiger partial charge in [0.15, 0.2) is 0 Å². The number of rotatable bonds is 8. The van der Waals surface area contributed by atoms with Crippen LogP contribution in [0.5, 0.6) is 0 Å². The topological polar surface area (TPSA) is 38.0 Å².